The number of carbonyl (C=O) groups is 1. The Morgan fingerprint density at radius 3 is 2.69 bits per heavy atom. The van der Waals surface area contributed by atoms with Gasteiger partial charge in [0.05, 0.1) is 0 Å². The zero-order valence-corrected chi connectivity index (χ0v) is 17.2. The summed E-state index contributed by atoms with van der Waals surface area (Å²) in [6, 6.07) is 19.7. The van der Waals surface area contributed by atoms with Gasteiger partial charge in [-0.1, -0.05) is 48.5 Å². The molecule has 3 unspecified atom stereocenters. The van der Waals surface area contributed by atoms with Crippen molar-refractivity contribution in [2.45, 2.75) is 50.6 Å². The minimum atomic E-state index is 0.321. The molecule has 2 aromatic carbocycles. The summed E-state index contributed by atoms with van der Waals surface area (Å²) in [6.45, 7) is 4.32. The molecule has 5 rings (SSSR count). The van der Waals surface area contributed by atoms with Crippen LogP contribution in [0.25, 0.3) is 0 Å². The van der Waals surface area contributed by atoms with Gasteiger partial charge in [0, 0.05) is 37.0 Å². The predicted molar refractivity (Wildman–Crippen MR) is 117 cm³/mol. The summed E-state index contributed by atoms with van der Waals surface area (Å²) >= 11 is 0. The number of nitrogens with one attached hydrogen (secondary N) is 1. The standard InChI is InChI=1S/C26H32N2O/c29-26(13-21-11-12-28(18-21)17-20-5-2-1-3-6-20)23-8-4-7-22(14-23)24-15-25(24)27-16-19-9-10-19/h1-8,14,19,21,24-25,27H,9-13,15-18H2. The summed E-state index contributed by atoms with van der Waals surface area (Å²) in [5.74, 6) is 2.34. The normalized spacial score (nSPS) is 26.6. The second-order valence-corrected chi connectivity index (χ2v) is 9.43. The highest BCUT2D eigenvalue weighted by molar-refractivity contribution is 5.96. The molecule has 3 heteroatoms. The van der Waals surface area contributed by atoms with Crippen molar-refractivity contribution in [2.24, 2.45) is 11.8 Å². The Morgan fingerprint density at radius 2 is 1.86 bits per heavy atom. The molecule has 2 aromatic rings. The fourth-order valence-corrected chi connectivity index (χ4v) is 4.82. The second kappa shape index (κ2) is 8.41. The van der Waals surface area contributed by atoms with E-state index in [0.717, 1.165) is 37.5 Å². The Morgan fingerprint density at radius 1 is 1.00 bits per heavy atom. The zero-order chi connectivity index (χ0) is 19.6. The van der Waals surface area contributed by atoms with Crippen LogP contribution in [0.4, 0.5) is 0 Å². The topological polar surface area (TPSA) is 32.3 Å². The number of nitrogens with zero attached hydrogens (tertiary/aromatic N) is 1. The number of carbonyl (C=O) groups excluding carboxylic acids is 1. The second-order valence-electron chi connectivity index (χ2n) is 9.43. The van der Waals surface area contributed by atoms with Gasteiger partial charge in [0.2, 0.25) is 0 Å². The van der Waals surface area contributed by atoms with Crippen molar-refractivity contribution >= 4 is 5.78 Å². The van der Waals surface area contributed by atoms with Gasteiger partial charge in [-0.05, 0) is 67.8 Å². The van der Waals surface area contributed by atoms with Crippen LogP contribution in [0.15, 0.2) is 54.6 Å². The van der Waals surface area contributed by atoms with Gasteiger partial charge in [0.1, 0.15) is 0 Å². The highest BCUT2D eigenvalue weighted by atomic mass is 16.1. The minimum absolute atomic E-state index is 0.321. The van der Waals surface area contributed by atoms with Crippen LogP contribution in [0, 0.1) is 11.8 Å². The van der Waals surface area contributed by atoms with E-state index in [4.69, 9.17) is 0 Å². The van der Waals surface area contributed by atoms with Gasteiger partial charge in [0.25, 0.3) is 0 Å². The fraction of sp³-hybridized carbons (Fsp3) is 0.500. The first-order valence-electron chi connectivity index (χ1n) is 11.4. The first-order chi connectivity index (χ1) is 14.2. The van der Waals surface area contributed by atoms with Crippen molar-refractivity contribution in [3.8, 4) is 0 Å². The molecule has 1 aliphatic heterocycles. The summed E-state index contributed by atoms with van der Waals surface area (Å²) < 4.78 is 0. The van der Waals surface area contributed by atoms with Crippen LogP contribution < -0.4 is 5.32 Å². The highest BCUT2D eigenvalue weighted by Gasteiger charge is 2.39. The first-order valence-corrected chi connectivity index (χ1v) is 11.4. The van der Waals surface area contributed by atoms with Gasteiger partial charge in [-0.25, -0.2) is 0 Å². The number of hydrogen-bond acceptors (Lipinski definition) is 3. The Hall–Kier alpha value is -1.97. The van der Waals surface area contributed by atoms with Crippen molar-refractivity contribution in [1.82, 2.24) is 10.2 Å². The lowest BCUT2D eigenvalue weighted by Crippen LogP contribution is -2.21. The molecule has 0 amide bonds. The Balaban J connectivity index is 1.12. The number of Topliss-reactive ketones (excluding diaryl/α,β-unsaturated/α-hetero) is 1. The predicted octanol–water partition coefficient (Wildman–Crippen LogP) is 4.64. The molecule has 0 aromatic heterocycles. The average Bonchev–Trinajstić information content (AvgIpc) is 3.66. The summed E-state index contributed by atoms with van der Waals surface area (Å²) in [4.78, 5) is 15.4. The molecule has 2 aliphatic carbocycles. The van der Waals surface area contributed by atoms with E-state index < -0.39 is 0 Å². The van der Waals surface area contributed by atoms with Crippen LogP contribution in [0.2, 0.25) is 0 Å². The molecule has 0 radical (unpaired) electrons. The minimum Gasteiger partial charge on any atom is -0.313 e. The third-order valence-electron chi connectivity index (χ3n) is 6.89. The average molecular weight is 389 g/mol. The lowest BCUT2D eigenvalue weighted by atomic mass is 9.96. The molecule has 3 fully saturated rings. The third-order valence-corrected chi connectivity index (χ3v) is 6.89. The lowest BCUT2D eigenvalue weighted by molar-refractivity contribution is 0.0961. The van der Waals surface area contributed by atoms with Gasteiger partial charge in [-0.2, -0.15) is 0 Å². The molecule has 1 saturated heterocycles. The van der Waals surface area contributed by atoms with E-state index in [9.17, 15) is 4.79 Å². The van der Waals surface area contributed by atoms with E-state index in [0.29, 0.717) is 30.1 Å². The van der Waals surface area contributed by atoms with E-state index in [1.54, 1.807) is 0 Å². The van der Waals surface area contributed by atoms with Gasteiger partial charge in [-0.3, -0.25) is 9.69 Å². The molecule has 2 saturated carbocycles. The Bertz CT molecular complexity index is 845. The maximum absolute atomic E-state index is 12.9. The van der Waals surface area contributed by atoms with Crippen molar-refractivity contribution in [3.63, 3.8) is 0 Å². The summed E-state index contributed by atoms with van der Waals surface area (Å²) in [7, 11) is 0. The molecule has 1 N–H and O–H groups in total. The molecular weight excluding hydrogens is 356 g/mol. The quantitative estimate of drug-likeness (QED) is 0.635. The van der Waals surface area contributed by atoms with Crippen LogP contribution in [0.1, 0.15) is 59.5 Å². The Kier molecular flexibility index (Phi) is 5.52. The van der Waals surface area contributed by atoms with Crippen molar-refractivity contribution in [2.75, 3.05) is 19.6 Å². The van der Waals surface area contributed by atoms with Gasteiger partial charge < -0.3 is 5.32 Å². The number of ketones is 1. The Labute approximate surface area is 174 Å². The molecule has 0 bridgehead atoms. The molecular formula is C26H32N2O. The van der Waals surface area contributed by atoms with Crippen molar-refractivity contribution < 1.29 is 4.79 Å². The van der Waals surface area contributed by atoms with E-state index >= 15 is 0 Å². The van der Waals surface area contributed by atoms with Crippen LogP contribution in [0.3, 0.4) is 0 Å². The SMILES string of the molecule is O=C(CC1CCN(Cc2ccccc2)C1)c1cccc(C2CC2NCC2CC2)c1. The largest absolute Gasteiger partial charge is 0.313 e. The van der Waals surface area contributed by atoms with Gasteiger partial charge >= 0.3 is 0 Å². The van der Waals surface area contributed by atoms with E-state index in [1.165, 1.54) is 36.9 Å². The number of hydrogen-bond donors (Lipinski definition) is 1. The number of rotatable bonds is 9. The maximum atomic E-state index is 12.9. The maximum Gasteiger partial charge on any atom is 0.163 e. The highest BCUT2D eigenvalue weighted by Crippen LogP contribution is 2.42. The fourth-order valence-electron chi connectivity index (χ4n) is 4.82. The number of benzene rings is 2. The summed E-state index contributed by atoms with van der Waals surface area (Å²) in [5, 5.41) is 3.71. The lowest BCUT2D eigenvalue weighted by Gasteiger charge is -2.16. The van der Waals surface area contributed by atoms with E-state index in [1.807, 2.05) is 6.07 Å². The van der Waals surface area contributed by atoms with Crippen molar-refractivity contribution in [1.29, 1.82) is 0 Å². The first kappa shape index (κ1) is 19.0. The molecule has 0 spiro atoms. The summed E-state index contributed by atoms with van der Waals surface area (Å²) in [6.07, 6.45) is 5.84. The molecule has 1 heterocycles. The zero-order valence-electron chi connectivity index (χ0n) is 17.2. The molecule has 3 nitrogen and oxygen atoms in total. The van der Waals surface area contributed by atoms with Crippen LogP contribution in [-0.4, -0.2) is 36.4 Å². The van der Waals surface area contributed by atoms with Crippen molar-refractivity contribution in [3.05, 3.63) is 71.3 Å². The molecule has 3 aliphatic rings. The van der Waals surface area contributed by atoms with Crippen LogP contribution in [0.5, 0.6) is 0 Å². The molecule has 3 atom stereocenters. The molecule has 152 valence electrons. The van der Waals surface area contributed by atoms with Crippen LogP contribution in [-0.2, 0) is 6.54 Å². The smallest absolute Gasteiger partial charge is 0.163 e. The monoisotopic (exact) mass is 388 g/mol. The number of likely N-dealkylation sites (tertiary alicyclic amines) is 1. The van der Waals surface area contributed by atoms with Gasteiger partial charge in [-0.15, -0.1) is 0 Å². The summed E-state index contributed by atoms with van der Waals surface area (Å²) in [5.41, 5.74) is 3.62. The van der Waals surface area contributed by atoms with E-state index in [-0.39, 0.29) is 0 Å². The third kappa shape index (κ3) is 4.96. The molecule has 29 heavy (non-hydrogen) atoms. The van der Waals surface area contributed by atoms with Crippen LogP contribution >= 0.6 is 0 Å². The van der Waals surface area contributed by atoms with Gasteiger partial charge in [0.15, 0.2) is 5.78 Å². The van der Waals surface area contributed by atoms with E-state index in [2.05, 4.69) is 58.7 Å².